The Morgan fingerprint density at radius 2 is 1.91 bits per heavy atom. The summed E-state index contributed by atoms with van der Waals surface area (Å²) in [5, 5.41) is 9.00. The van der Waals surface area contributed by atoms with Crippen molar-refractivity contribution in [3.63, 3.8) is 0 Å². The zero-order valence-corrected chi connectivity index (χ0v) is 14.1. The standard InChI is InChI=1S/C14H19NO7S/c1-9(14(17)18)15(2)23(19,20)12-6-5-11(21-3)7-10(12)8-13(16)22-4/h5-7,9H,8H2,1-4H3,(H,17,18). The Morgan fingerprint density at radius 3 is 2.39 bits per heavy atom. The highest BCUT2D eigenvalue weighted by Gasteiger charge is 2.31. The molecule has 0 heterocycles. The number of esters is 1. The summed E-state index contributed by atoms with van der Waals surface area (Å²) >= 11 is 0. The van der Waals surface area contributed by atoms with Crippen LogP contribution in [0.5, 0.6) is 5.75 Å². The van der Waals surface area contributed by atoms with E-state index < -0.39 is 28.0 Å². The number of sulfonamides is 1. The van der Waals surface area contributed by atoms with Crippen LogP contribution in [0.25, 0.3) is 0 Å². The summed E-state index contributed by atoms with van der Waals surface area (Å²) < 4.78 is 35.6. The fraction of sp³-hybridized carbons (Fsp3) is 0.429. The van der Waals surface area contributed by atoms with Gasteiger partial charge in [-0.2, -0.15) is 4.31 Å². The van der Waals surface area contributed by atoms with Gasteiger partial charge in [0.05, 0.1) is 25.5 Å². The fourth-order valence-corrected chi connectivity index (χ4v) is 3.34. The van der Waals surface area contributed by atoms with Gasteiger partial charge in [-0.1, -0.05) is 0 Å². The lowest BCUT2D eigenvalue weighted by atomic mass is 10.1. The SMILES string of the molecule is COC(=O)Cc1cc(OC)ccc1S(=O)(=O)N(C)C(C)C(=O)O. The molecule has 0 fully saturated rings. The minimum atomic E-state index is -4.10. The van der Waals surface area contributed by atoms with Gasteiger partial charge < -0.3 is 14.6 Å². The summed E-state index contributed by atoms with van der Waals surface area (Å²) in [5.74, 6) is -1.53. The summed E-state index contributed by atoms with van der Waals surface area (Å²) in [5.41, 5.74) is 0.167. The molecule has 1 aromatic carbocycles. The van der Waals surface area contributed by atoms with Gasteiger partial charge in [-0.05, 0) is 30.7 Å². The number of carbonyl (C=O) groups excluding carboxylic acids is 1. The molecule has 0 radical (unpaired) electrons. The highest BCUT2D eigenvalue weighted by atomic mass is 32.2. The second-order valence-electron chi connectivity index (χ2n) is 4.76. The minimum Gasteiger partial charge on any atom is -0.497 e. The van der Waals surface area contributed by atoms with Crippen molar-refractivity contribution in [2.75, 3.05) is 21.3 Å². The zero-order chi connectivity index (χ0) is 17.8. The van der Waals surface area contributed by atoms with E-state index in [-0.39, 0.29) is 16.9 Å². The van der Waals surface area contributed by atoms with Crippen LogP contribution in [0.3, 0.4) is 0 Å². The summed E-state index contributed by atoms with van der Waals surface area (Å²) in [6.07, 6.45) is -0.280. The van der Waals surface area contributed by atoms with Gasteiger partial charge in [-0.3, -0.25) is 9.59 Å². The molecule has 0 aromatic heterocycles. The van der Waals surface area contributed by atoms with Gasteiger partial charge in [0.25, 0.3) is 0 Å². The molecule has 1 atom stereocenters. The van der Waals surface area contributed by atoms with Crippen LogP contribution in [-0.4, -0.2) is 57.1 Å². The van der Waals surface area contributed by atoms with E-state index in [2.05, 4.69) is 4.74 Å². The number of nitrogens with zero attached hydrogens (tertiary/aromatic N) is 1. The third kappa shape index (κ3) is 4.20. The molecule has 128 valence electrons. The molecule has 1 rings (SSSR count). The van der Waals surface area contributed by atoms with Crippen LogP contribution >= 0.6 is 0 Å². The molecule has 0 aliphatic heterocycles. The molecule has 0 bridgehead atoms. The number of ether oxygens (including phenoxy) is 2. The molecule has 8 nitrogen and oxygen atoms in total. The topological polar surface area (TPSA) is 110 Å². The van der Waals surface area contributed by atoms with Gasteiger partial charge in [-0.25, -0.2) is 8.42 Å². The lowest BCUT2D eigenvalue weighted by Crippen LogP contribution is -2.40. The minimum absolute atomic E-state index is 0.167. The smallest absolute Gasteiger partial charge is 0.321 e. The zero-order valence-electron chi connectivity index (χ0n) is 13.3. The number of rotatable bonds is 7. The van der Waals surface area contributed by atoms with Crippen LogP contribution < -0.4 is 4.74 Å². The van der Waals surface area contributed by atoms with E-state index in [0.29, 0.717) is 5.75 Å². The number of aliphatic carboxylic acids is 1. The number of carboxylic acid groups (broad SMARTS) is 1. The molecule has 9 heteroatoms. The molecule has 0 saturated heterocycles. The second kappa shape index (κ2) is 7.42. The molecule has 1 aromatic rings. The number of carboxylic acids is 1. The number of hydrogen-bond acceptors (Lipinski definition) is 6. The summed E-state index contributed by atoms with van der Waals surface area (Å²) in [6.45, 7) is 1.25. The van der Waals surface area contributed by atoms with Crippen LogP contribution in [0.15, 0.2) is 23.1 Å². The number of carbonyl (C=O) groups is 2. The summed E-state index contributed by atoms with van der Waals surface area (Å²) in [6, 6.07) is 2.85. The van der Waals surface area contributed by atoms with E-state index in [1.807, 2.05) is 0 Å². The maximum Gasteiger partial charge on any atom is 0.321 e. The monoisotopic (exact) mass is 345 g/mol. The highest BCUT2D eigenvalue weighted by Crippen LogP contribution is 2.26. The van der Waals surface area contributed by atoms with Crippen molar-refractivity contribution in [1.82, 2.24) is 4.31 Å². The summed E-state index contributed by atoms with van der Waals surface area (Å²) in [4.78, 5) is 22.4. The van der Waals surface area contributed by atoms with E-state index in [0.717, 1.165) is 4.31 Å². The molecule has 0 aliphatic rings. The van der Waals surface area contributed by atoms with Crippen LogP contribution in [0.1, 0.15) is 12.5 Å². The Hall–Kier alpha value is -2.13. The Balaban J connectivity index is 3.39. The van der Waals surface area contributed by atoms with Crippen molar-refractivity contribution in [3.8, 4) is 5.75 Å². The first-order valence-corrected chi connectivity index (χ1v) is 8.03. The van der Waals surface area contributed by atoms with Gasteiger partial charge in [0.1, 0.15) is 11.8 Å². The maximum atomic E-state index is 12.6. The molecule has 0 saturated carbocycles. The molecule has 0 spiro atoms. The number of hydrogen-bond donors (Lipinski definition) is 1. The first-order valence-electron chi connectivity index (χ1n) is 6.59. The van der Waals surface area contributed by atoms with Crippen LogP contribution in [0.2, 0.25) is 0 Å². The third-order valence-corrected chi connectivity index (χ3v) is 5.42. The lowest BCUT2D eigenvalue weighted by molar-refractivity contribution is -0.141. The van der Waals surface area contributed by atoms with Crippen molar-refractivity contribution in [2.24, 2.45) is 0 Å². The van der Waals surface area contributed by atoms with Gasteiger partial charge >= 0.3 is 11.9 Å². The van der Waals surface area contributed by atoms with Crippen molar-refractivity contribution in [2.45, 2.75) is 24.3 Å². The van der Waals surface area contributed by atoms with Crippen LogP contribution in [0.4, 0.5) is 0 Å². The van der Waals surface area contributed by atoms with E-state index in [9.17, 15) is 18.0 Å². The number of likely N-dealkylation sites (N-methyl/N-ethyl adjacent to an activating group) is 1. The molecule has 23 heavy (non-hydrogen) atoms. The van der Waals surface area contributed by atoms with Crippen molar-refractivity contribution in [3.05, 3.63) is 23.8 Å². The van der Waals surface area contributed by atoms with Crippen molar-refractivity contribution in [1.29, 1.82) is 0 Å². The quantitative estimate of drug-likeness (QED) is 0.717. The Bertz CT molecular complexity index is 699. The van der Waals surface area contributed by atoms with Gasteiger partial charge in [0, 0.05) is 7.05 Å². The van der Waals surface area contributed by atoms with Gasteiger partial charge in [0.15, 0.2) is 0 Å². The Labute approximate surface area is 134 Å². The molecule has 1 N–H and O–H groups in total. The average Bonchev–Trinajstić information content (AvgIpc) is 2.52. The third-order valence-electron chi connectivity index (χ3n) is 3.39. The molecular weight excluding hydrogens is 326 g/mol. The van der Waals surface area contributed by atoms with Crippen molar-refractivity contribution >= 4 is 22.0 Å². The van der Waals surface area contributed by atoms with E-state index in [1.54, 1.807) is 0 Å². The van der Waals surface area contributed by atoms with Crippen LogP contribution in [0, 0.1) is 0 Å². The normalized spacial score (nSPS) is 12.7. The molecule has 0 amide bonds. The fourth-order valence-electron chi connectivity index (χ4n) is 1.82. The van der Waals surface area contributed by atoms with E-state index in [1.165, 1.54) is 46.4 Å². The lowest BCUT2D eigenvalue weighted by Gasteiger charge is -2.22. The Morgan fingerprint density at radius 1 is 1.30 bits per heavy atom. The Kier molecular flexibility index (Phi) is 6.11. The second-order valence-corrected chi connectivity index (χ2v) is 6.73. The molecule has 0 aliphatic carbocycles. The first-order chi connectivity index (χ1) is 10.6. The van der Waals surface area contributed by atoms with E-state index in [4.69, 9.17) is 9.84 Å². The average molecular weight is 345 g/mol. The number of benzene rings is 1. The van der Waals surface area contributed by atoms with Crippen LogP contribution in [-0.2, 0) is 30.8 Å². The maximum absolute atomic E-state index is 12.6. The van der Waals surface area contributed by atoms with Crippen molar-refractivity contribution < 1.29 is 32.6 Å². The summed E-state index contributed by atoms with van der Waals surface area (Å²) in [7, 11) is -0.340. The predicted octanol–water partition coefficient (Wildman–Crippen LogP) is 0.504. The predicted molar refractivity (Wildman–Crippen MR) is 80.8 cm³/mol. The molecule has 1 unspecified atom stereocenters. The first kappa shape index (κ1) is 18.9. The van der Waals surface area contributed by atoms with Gasteiger partial charge in [0.2, 0.25) is 10.0 Å². The van der Waals surface area contributed by atoms with E-state index >= 15 is 0 Å². The molecular formula is C14H19NO7S. The highest BCUT2D eigenvalue weighted by molar-refractivity contribution is 7.89. The van der Waals surface area contributed by atoms with Gasteiger partial charge in [-0.15, -0.1) is 0 Å². The largest absolute Gasteiger partial charge is 0.497 e. The number of methoxy groups -OCH3 is 2.